The molecule has 0 aliphatic heterocycles. The minimum atomic E-state index is -2.50. The molecular weight excluding hydrogens is 353 g/mol. The molecule has 1 unspecified atom stereocenters. The van der Waals surface area contributed by atoms with Crippen molar-refractivity contribution in [2.75, 3.05) is 10.6 Å². The maximum Gasteiger partial charge on any atom is 0.323 e. The van der Waals surface area contributed by atoms with E-state index in [1.54, 1.807) is 6.07 Å². The van der Waals surface area contributed by atoms with E-state index < -0.39 is 22.9 Å². The van der Waals surface area contributed by atoms with Crippen LogP contribution in [0.1, 0.15) is 0 Å². The van der Waals surface area contributed by atoms with Gasteiger partial charge >= 0.3 is 6.03 Å². The molecular formula is C12H9Cl2N3O4S. The number of carbonyl (C=O) groups excluding carboxylic acids is 1. The fourth-order valence-electron chi connectivity index (χ4n) is 1.57. The quantitative estimate of drug-likeness (QED) is 0.380. The Bertz CT molecular complexity index is 757. The van der Waals surface area contributed by atoms with Gasteiger partial charge in [0.15, 0.2) is 22.0 Å². The van der Waals surface area contributed by atoms with Crippen molar-refractivity contribution in [2.45, 2.75) is 4.90 Å². The van der Waals surface area contributed by atoms with Crippen LogP contribution in [0.2, 0.25) is 10.2 Å². The SMILES string of the molecule is O=C(Nc1cccnc1Cl)Nc1ccc(Cl)c(S(=O)O)c1O. The Hall–Kier alpha value is -1.87. The Morgan fingerprint density at radius 3 is 2.50 bits per heavy atom. The highest BCUT2D eigenvalue weighted by molar-refractivity contribution is 7.79. The van der Waals surface area contributed by atoms with E-state index in [2.05, 4.69) is 15.6 Å². The number of phenolic OH excluding ortho intramolecular Hbond substituents is 1. The zero-order valence-electron chi connectivity index (χ0n) is 10.7. The van der Waals surface area contributed by atoms with E-state index in [9.17, 15) is 14.1 Å². The van der Waals surface area contributed by atoms with E-state index in [4.69, 9.17) is 27.8 Å². The molecule has 2 rings (SSSR count). The molecule has 1 heterocycles. The molecule has 7 nitrogen and oxygen atoms in total. The van der Waals surface area contributed by atoms with E-state index in [1.807, 2.05) is 0 Å². The lowest BCUT2D eigenvalue weighted by atomic mass is 10.3. The number of aromatic nitrogens is 1. The van der Waals surface area contributed by atoms with Crippen molar-refractivity contribution in [3.8, 4) is 5.75 Å². The van der Waals surface area contributed by atoms with E-state index >= 15 is 0 Å². The molecule has 0 fully saturated rings. The number of hydrogen-bond donors (Lipinski definition) is 4. The second-order valence-corrected chi connectivity index (χ2v) is 5.61. The summed E-state index contributed by atoms with van der Waals surface area (Å²) in [6, 6.07) is 4.96. The zero-order valence-corrected chi connectivity index (χ0v) is 13.0. The summed E-state index contributed by atoms with van der Waals surface area (Å²) in [4.78, 5) is 15.3. The molecule has 0 saturated heterocycles. The molecule has 2 aromatic rings. The predicted molar refractivity (Wildman–Crippen MR) is 84.0 cm³/mol. The van der Waals surface area contributed by atoms with Gasteiger partial charge in [-0.15, -0.1) is 0 Å². The molecule has 10 heteroatoms. The van der Waals surface area contributed by atoms with Crippen molar-refractivity contribution in [3.05, 3.63) is 40.6 Å². The van der Waals surface area contributed by atoms with Gasteiger partial charge < -0.3 is 20.3 Å². The number of benzene rings is 1. The Labute approximate surface area is 137 Å². The first-order valence-electron chi connectivity index (χ1n) is 5.71. The number of nitrogens with zero attached hydrogens (tertiary/aromatic N) is 1. The molecule has 0 radical (unpaired) electrons. The Morgan fingerprint density at radius 2 is 1.86 bits per heavy atom. The minimum Gasteiger partial charge on any atom is -0.504 e. The van der Waals surface area contributed by atoms with E-state index in [0.29, 0.717) is 0 Å². The third kappa shape index (κ3) is 3.66. The summed E-state index contributed by atoms with van der Waals surface area (Å²) >= 11 is 9.01. The van der Waals surface area contributed by atoms with Crippen molar-refractivity contribution >= 4 is 51.7 Å². The highest BCUT2D eigenvalue weighted by Gasteiger charge is 2.18. The standard InChI is InChI=1S/C12H9Cl2N3O4S/c13-6-3-4-7(9(18)10(6)22(20)21)16-12(19)17-8-2-1-5-15-11(8)14/h1-5,18H,(H,20,21)(H2,16,17,19). The summed E-state index contributed by atoms with van der Waals surface area (Å²) in [5.41, 5.74) is 0.181. The molecule has 0 aliphatic rings. The van der Waals surface area contributed by atoms with Gasteiger partial charge in [-0.05, 0) is 24.3 Å². The van der Waals surface area contributed by atoms with Gasteiger partial charge in [-0.2, -0.15) is 0 Å². The molecule has 2 amide bonds. The van der Waals surface area contributed by atoms with Crippen LogP contribution in [-0.2, 0) is 11.1 Å². The normalized spacial score (nSPS) is 11.8. The Morgan fingerprint density at radius 1 is 1.18 bits per heavy atom. The van der Waals surface area contributed by atoms with E-state index in [0.717, 1.165) is 0 Å². The van der Waals surface area contributed by atoms with Gasteiger partial charge in [0.1, 0.15) is 4.90 Å². The van der Waals surface area contributed by atoms with Gasteiger partial charge in [0.2, 0.25) is 0 Å². The van der Waals surface area contributed by atoms with Crippen LogP contribution in [0.25, 0.3) is 0 Å². The van der Waals surface area contributed by atoms with Gasteiger partial charge in [0.25, 0.3) is 0 Å². The molecule has 1 atom stereocenters. The van der Waals surface area contributed by atoms with Crippen LogP contribution in [0.5, 0.6) is 5.75 Å². The number of nitrogens with one attached hydrogen (secondary N) is 2. The maximum atomic E-state index is 11.9. The number of phenols is 1. The van der Waals surface area contributed by atoms with Gasteiger partial charge in [-0.25, -0.2) is 14.0 Å². The largest absolute Gasteiger partial charge is 0.504 e. The fraction of sp³-hybridized carbons (Fsp3) is 0. The van der Waals surface area contributed by atoms with Crippen LogP contribution in [-0.4, -0.2) is 24.9 Å². The van der Waals surface area contributed by atoms with Crippen molar-refractivity contribution in [3.63, 3.8) is 0 Å². The van der Waals surface area contributed by atoms with Crippen LogP contribution in [0, 0.1) is 0 Å². The van der Waals surface area contributed by atoms with E-state index in [-0.39, 0.29) is 26.4 Å². The number of pyridine rings is 1. The van der Waals surface area contributed by atoms with Crippen LogP contribution >= 0.6 is 23.2 Å². The minimum absolute atomic E-state index is 0.0840. The van der Waals surface area contributed by atoms with Gasteiger partial charge in [-0.1, -0.05) is 23.2 Å². The molecule has 4 N–H and O–H groups in total. The first-order chi connectivity index (χ1) is 10.4. The lowest BCUT2D eigenvalue weighted by Gasteiger charge is -2.11. The lowest BCUT2D eigenvalue weighted by molar-refractivity contribution is 0.262. The molecule has 0 bridgehead atoms. The van der Waals surface area contributed by atoms with Crippen molar-refractivity contribution in [2.24, 2.45) is 0 Å². The Kier molecular flexibility index (Phi) is 5.19. The summed E-state index contributed by atoms with van der Waals surface area (Å²) in [6.45, 7) is 0. The summed E-state index contributed by atoms with van der Waals surface area (Å²) in [5, 5.41) is 14.6. The second-order valence-electron chi connectivity index (χ2n) is 3.94. The third-order valence-corrected chi connectivity index (χ3v) is 4.00. The Balaban J connectivity index is 2.21. The average molecular weight is 362 g/mol. The maximum absolute atomic E-state index is 11.9. The molecule has 0 saturated carbocycles. The van der Waals surface area contributed by atoms with Crippen molar-refractivity contribution < 1.29 is 18.7 Å². The van der Waals surface area contributed by atoms with Crippen molar-refractivity contribution in [1.82, 2.24) is 4.98 Å². The molecule has 116 valence electrons. The van der Waals surface area contributed by atoms with Gasteiger partial charge in [0.05, 0.1) is 16.4 Å². The lowest BCUT2D eigenvalue weighted by Crippen LogP contribution is -2.20. The summed E-state index contributed by atoms with van der Waals surface area (Å²) in [5.74, 6) is -0.597. The smallest absolute Gasteiger partial charge is 0.323 e. The highest BCUT2D eigenvalue weighted by Crippen LogP contribution is 2.35. The summed E-state index contributed by atoms with van der Waals surface area (Å²) < 4.78 is 20.2. The first-order valence-corrected chi connectivity index (χ1v) is 7.57. The second kappa shape index (κ2) is 6.93. The summed E-state index contributed by atoms with van der Waals surface area (Å²) in [7, 11) is 0. The topological polar surface area (TPSA) is 112 Å². The number of urea groups is 1. The first kappa shape index (κ1) is 16.5. The van der Waals surface area contributed by atoms with E-state index in [1.165, 1.54) is 24.4 Å². The third-order valence-electron chi connectivity index (χ3n) is 2.51. The number of anilines is 2. The average Bonchev–Trinajstić information content (AvgIpc) is 2.44. The van der Waals surface area contributed by atoms with Crippen LogP contribution < -0.4 is 10.6 Å². The number of hydrogen-bond acceptors (Lipinski definition) is 4. The summed E-state index contributed by atoms with van der Waals surface area (Å²) in [6.07, 6.45) is 1.46. The number of halogens is 2. The highest BCUT2D eigenvalue weighted by atomic mass is 35.5. The van der Waals surface area contributed by atoms with Crippen molar-refractivity contribution in [1.29, 1.82) is 0 Å². The van der Waals surface area contributed by atoms with Crippen LogP contribution in [0.3, 0.4) is 0 Å². The predicted octanol–water partition coefficient (Wildman–Crippen LogP) is 3.32. The molecule has 1 aromatic carbocycles. The number of amides is 2. The number of rotatable bonds is 3. The monoisotopic (exact) mass is 361 g/mol. The molecule has 0 spiro atoms. The van der Waals surface area contributed by atoms with Gasteiger partial charge in [0, 0.05) is 6.20 Å². The molecule has 1 aromatic heterocycles. The zero-order chi connectivity index (χ0) is 16.3. The number of carbonyl (C=O) groups is 1. The van der Waals surface area contributed by atoms with Crippen LogP contribution in [0.4, 0.5) is 16.2 Å². The molecule has 22 heavy (non-hydrogen) atoms. The number of aromatic hydroxyl groups is 1. The van der Waals surface area contributed by atoms with Crippen LogP contribution in [0.15, 0.2) is 35.4 Å². The fourth-order valence-corrected chi connectivity index (χ4v) is 2.60. The van der Waals surface area contributed by atoms with Gasteiger partial charge in [-0.3, -0.25) is 0 Å². The molecule has 0 aliphatic carbocycles.